The molecule has 8 heteroatoms. The van der Waals surface area contributed by atoms with E-state index in [0.29, 0.717) is 32.7 Å². The van der Waals surface area contributed by atoms with Crippen molar-refractivity contribution in [2.45, 2.75) is 17.9 Å². The van der Waals surface area contributed by atoms with E-state index in [1.165, 1.54) is 22.5 Å². The van der Waals surface area contributed by atoms with Gasteiger partial charge in [0, 0.05) is 0 Å². The fourth-order valence-electron chi connectivity index (χ4n) is 3.34. The maximum absolute atomic E-state index is 13.4. The van der Waals surface area contributed by atoms with Gasteiger partial charge in [-0.3, -0.25) is 4.79 Å². The van der Waals surface area contributed by atoms with E-state index in [1.807, 2.05) is 37.3 Å². The molecule has 0 spiro atoms. The van der Waals surface area contributed by atoms with Gasteiger partial charge in [0.25, 0.3) is 5.91 Å². The van der Waals surface area contributed by atoms with Crippen molar-refractivity contribution in [3.63, 3.8) is 0 Å². The number of benzene rings is 2. The van der Waals surface area contributed by atoms with E-state index >= 15 is 0 Å². The summed E-state index contributed by atoms with van der Waals surface area (Å²) in [6, 6.07) is 14.7. The molecule has 0 aromatic heterocycles. The van der Waals surface area contributed by atoms with Crippen LogP contribution in [0.25, 0.3) is 0 Å². The smallest absolute Gasteiger partial charge is 0.275 e. The minimum absolute atomic E-state index is 0.0367. The molecule has 1 heterocycles. The van der Waals surface area contributed by atoms with Crippen LogP contribution in [0.1, 0.15) is 18.5 Å². The Morgan fingerprint density at radius 3 is 2.46 bits per heavy atom. The van der Waals surface area contributed by atoms with Crippen LogP contribution in [0.4, 0.5) is 4.39 Å². The Hall–Kier alpha value is -2.29. The molecule has 0 bridgehead atoms. The molecule has 1 atom stereocenters. The molecule has 1 amide bonds. The van der Waals surface area contributed by atoms with Crippen LogP contribution in [-0.4, -0.2) is 51.4 Å². The maximum Gasteiger partial charge on any atom is 0.275 e. The second-order valence-electron chi connectivity index (χ2n) is 6.99. The third-order valence-corrected chi connectivity index (χ3v) is 6.85. The lowest BCUT2D eigenvalue weighted by Gasteiger charge is -2.31. The summed E-state index contributed by atoms with van der Waals surface area (Å²) >= 11 is 0. The number of carbonyl (C=O) groups is 1. The molecule has 3 rings (SSSR count). The van der Waals surface area contributed by atoms with E-state index in [0.717, 1.165) is 16.5 Å². The van der Waals surface area contributed by atoms with Gasteiger partial charge in [-0.1, -0.05) is 36.4 Å². The van der Waals surface area contributed by atoms with E-state index in [9.17, 15) is 17.6 Å². The lowest BCUT2D eigenvalue weighted by atomic mass is 10.1. The van der Waals surface area contributed by atoms with Gasteiger partial charge < -0.3 is 10.2 Å². The number of quaternary nitrogens is 1. The van der Waals surface area contributed by atoms with Crippen molar-refractivity contribution in [1.29, 1.82) is 0 Å². The van der Waals surface area contributed by atoms with Gasteiger partial charge in [-0.2, -0.15) is 4.31 Å². The highest BCUT2D eigenvalue weighted by molar-refractivity contribution is 7.89. The summed E-state index contributed by atoms with van der Waals surface area (Å²) in [6.45, 7) is 3.89. The number of halogens is 1. The molecule has 0 radical (unpaired) electrons. The number of carbonyl (C=O) groups excluding carboxylic acids is 1. The molecule has 2 aromatic rings. The van der Waals surface area contributed by atoms with Gasteiger partial charge in [-0.05, 0) is 30.7 Å². The highest BCUT2D eigenvalue weighted by atomic mass is 32.2. The van der Waals surface area contributed by atoms with Gasteiger partial charge in [0.15, 0.2) is 6.54 Å². The third-order valence-electron chi connectivity index (χ3n) is 4.95. The predicted octanol–water partition coefficient (Wildman–Crippen LogP) is 0.592. The van der Waals surface area contributed by atoms with E-state index < -0.39 is 15.8 Å². The van der Waals surface area contributed by atoms with Crippen molar-refractivity contribution in [2.75, 3.05) is 32.7 Å². The van der Waals surface area contributed by atoms with Crippen LogP contribution in [0.3, 0.4) is 0 Å². The summed E-state index contributed by atoms with van der Waals surface area (Å²) in [4.78, 5) is 13.3. The Bertz CT molecular complexity index is 913. The Morgan fingerprint density at radius 2 is 1.82 bits per heavy atom. The quantitative estimate of drug-likeness (QED) is 0.738. The molecular weight excluding hydrogens is 381 g/mol. The molecule has 1 aliphatic rings. The third kappa shape index (κ3) is 4.95. The number of rotatable bonds is 6. The molecule has 2 N–H and O–H groups in total. The number of hydrogen-bond donors (Lipinski definition) is 2. The van der Waals surface area contributed by atoms with Gasteiger partial charge in [-0.25, -0.2) is 12.8 Å². The summed E-state index contributed by atoms with van der Waals surface area (Å²) in [5, 5.41) is 2.98. The number of amides is 1. The maximum atomic E-state index is 13.4. The summed E-state index contributed by atoms with van der Waals surface area (Å²) in [5.74, 6) is -0.637. The van der Waals surface area contributed by atoms with E-state index in [4.69, 9.17) is 0 Å². The van der Waals surface area contributed by atoms with Crippen LogP contribution in [0, 0.1) is 5.82 Å². The molecule has 0 saturated carbocycles. The molecule has 6 nitrogen and oxygen atoms in total. The van der Waals surface area contributed by atoms with Gasteiger partial charge in [0.1, 0.15) is 5.82 Å². The summed E-state index contributed by atoms with van der Waals surface area (Å²) in [5.41, 5.74) is 1.04. The summed E-state index contributed by atoms with van der Waals surface area (Å²) in [7, 11) is -3.71. The zero-order chi connectivity index (χ0) is 20.1. The van der Waals surface area contributed by atoms with Crippen molar-refractivity contribution < 1.29 is 22.5 Å². The average molecular weight is 407 g/mol. The van der Waals surface area contributed by atoms with Gasteiger partial charge in [-0.15, -0.1) is 0 Å². The van der Waals surface area contributed by atoms with Crippen LogP contribution in [0.15, 0.2) is 59.5 Å². The molecule has 150 valence electrons. The average Bonchev–Trinajstić information content (AvgIpc) is 2.69. The molecule has 0 aliphatic carbocycles. The van der Waals surface area contributed by atoms with Crippen molar-refractivity contribution in [1.82, 2.24) is 9.62 Å². The van der Waals surface area contributed by atoms with Crippen molar-refractivity contribution in [2.24, 2.45) is 0 Å². The van der Waals surface area contributed by atoms with Crippen LogP contribution >= 0.6 is 0 Å². The van der Waals surface area contributed by atoms with Crippen molar-refractivity contribution in [3.8, 4) is 0 Å². The number of sulfonamides is 1. The molecule has 1 fully saturated rings. The number of nitrogens with zero attached hydrogens (tertiary/aromatic N) is 1. The van der Waals surface area contributed by atoms with Crippen LogP contribution in [0.5, 0.6) is 0 Å². The summed E-state index contributed by atoms with van der Waals surface area (Å²) < 4.78 is 40.0. The molecular formula is C20H25FN3O3S+. The van der Waals surface area contributed by atoms with Crippen LogP contribution < -0.4 is 10.2 Å². The number of nitrogens with one attached hydrogen (secondary N) is 2. The van der Waals surface area contributed by atoms with Crippen molar-refractivity contribution >= 4 is 15.9 Å². The lowest BCUT2D eigenvalue weighted by molar-refractivity contribution is -0.895. The first kappa shape index (κ1) is 20.4. The van der Waals surface area contributed by atoms with Gasteiger partial charge in [0.2, 0.25) is 10.0 Å². The fourth-order valence-corrected chi connectivity index (χ4v) is 4.81. The Kier molecular flexibility index (Phi) is 6.43. The topological polar surface area (TPSA) is 70.9 Å². The SMILES string of the molecule is C[C@@H](NC(=O)C[NH+]1CCN(S(=O)(=O)c2cccc(F)c2)CC1)c1ccccc1. The molecule has 0 unspecified atom stereocenters. The minimum atomic E-state index is -3.71. The van der Waals surface area contributed by atoms with E-state index in [-0.39, 0.29) is 16.8 Å². The first-order valence-electron chi connectivity index (χ1n) is 9.30. The zero-order valence-electron chi connectivity index (χ0n) is 15.8. The summed E-state index contributed by atoms with van der Waals surface area (Å²) in [6.07, 6.45) is 0. The fraction of sp³-hybridized carbons (Fsp3) is 0.350. The second kappa shape index (κ2) is 8.81. The van der Waals surface area contributed by atoms with Gasteiger partial charge in [0.05, 0.1) is 37.1 Å². The Balaban J connectivity index is 1.52. The minimum Gasteiger partial charge on any atom is -0.345 e. The van der Waals surface area contributed by atoms with Crippen LogP contribution in [-0.2, 0) is 14.8 Å². The normalized spacial score (nSPS) is 17.2. The van der Waals surface area contributed by atoms with Crippen LogP contribution in [0.2, 0.25) is 0 Å². The highest BCUT2D eigenvalue weighted by Gasteiger charge is 2.31. The lowest BCUT2D eigenvalue weighted by Crippen LogP contribution is -3.15. The second-order valence-corrected chi connectivity index (χ2v) is 8.93. The number of piperazine rings is 1. The first-order chi connectivity index (χ1) is 13.4. The Morgan fingerprint density at radius 1 is 1.14 bits per heavy atom. The largest absolute Gasteiger partial charge is 0.345 e. The van der Waals surface area contributed by atoms with E-state index in [2.05, 4.69) is 5.32 Å². The van der Waals surface area contributed by atoms with E-state index in [1.54, 1.807) is 0 Å². The molecule has 1 saturated heterocycles. The molecule has 2 aromatic carbocycles. The first-order valence-corrected chi connectivity index (χ1v) is 10.7. The van der Waals surface area contributed by atoms with Gasteiger partial charge >= 0.3 is 0 Å². The Labute approximate surface area is 165 Å². The standard InChI is InChI=1S/C20H24FN3O3S/c1-16(17-6-3-2-4-7-17)22-20(25)15-23-10-12-24(13-11-23)28(26,27)19-9-5-8-18(21)14-19/h2-9,14,16H,10-13,15H2,1H3,(H,22,25)/p+1/t16-/m1/s1. The number of hydrogen-bond acceptors (Lipinski definition) is 3. The molecule has 1 aliphatic heterocycles. The highest BCUT2D eigenvalue weighted by Crippen LogP contribution is 2.16. The predicted molar refractivity (Wildman–Crippen MR) is 104 cm³/mol. The zero-order valence-corrected chi connectivity index (χ0v) is 16.6. The van der Waals surface area contributed by atoms with Crippen molar-refractivity contribution in [3.05, 3.63) is 66.0 Å². The monoisotopic (exact) mass is 406 g/mol. The molecule has 28 heavy (non-hydrogen) atoms.